The van der Waals surface area contributed by atoms with E-state index in [2.05, 4.69) is 28.0 Å². The van der Waals surface area contributed by atoms with Gasteiger partial charge in [0.2, 0.25) is 15.9 Å². The quantitative estimate of drug-likeness (QED) is 0.604. The van der Waals surface area contributed by atoms with E-state index in [1.165, 1.54) is 17.2 Å². The predicted octanol–water partition coefficient (Wildman–Crippen LogP) is 2.42. The molecule has 3 heterocycles. The number of sulfonamides is 1. The lowest BCUT2D eigenvalue weighted by molar-refractivity contribution is -0.138. The zero-order valence-corrected chi connectivity index (χ0v) is 22.1. The van der Waals surface area contributed by atoms with Crippen LogP contribution in [0.3, 0.4) is 0 Å². The molecule has 1 aliphatic carbocycles. The fourth-order valence-electron chi connectivity index (χ4n) is 6.08. The summed E-state index contributed by atoms with van der Waals surface area (Å²) in [4.78, 5) is 14.8. The Morgan fingerprint density at radius 2 is 2.00 bits per heavy atom. The standard InChI is InChI=1S/C26H38N4O5S/c1-29-25-8-5-19(13-21(25)14-27-29)18-3-6-23(7-4-18)35-17-22-15-30(26(31)20-10-12-34-16-20)11-9-24(22)28-36(2,32)33/h5,8,13-14,18,20,22-24,28H,3-4,6-7,9-12,15-17H2,1-2H3. The van der Waals surface area contributed by atoms with Gasteiger partial charge in [0.15, 0.2) is 0 Å². The van der Waals surface area contributed by atoms with Crippen LogP contribution < -0.4 is 4.72 Å². The van der Waals surface area contributed by atoms with Crippen LogP contribution in [0.2, 0.25) is 0 Å². The number of rotatable bonds is 7. The van der Waals surface area contributed by atoms with Crippen LogP contribution in [0.25, 0.3) is 10.9 Å². The number of piperidine rings is 1. The zero-order chi connectivity index (χ0) is 25.3. The van der Waals surface area contributed by atoms with Gasteiger partial charge in [0.05, 0.1) is 43.2 Å². The summed E-state index contributed by atoms with van der Waals surface area (Å²) in [5, 5.41) is 5.53. The number of carbonyl (C=O) groups excluding carboxylic acids is 1. The molecule has 1 N–H and O–H groups in total. The van der Waals surface area contributed by atoms with E-state index in [1.807, 2.05) is 22.8 Å². The molecule has 2 saturated heterocycles. The Bertz CT molecular complexity index is 1170. The summed E-state index contributed by atoms with van der Waals surface area (Å²) in [5.41, 5.74) is 2.51. The topological polar surface area (TPSA) is 103 Å². The molecule has 3 unspecified atom stereocenters. The van der Waals surface area contributed by atoms with Gasteiger partial charge in [-0.25, -0.2) is 13.1 Å². The Morgan fingerprint density at radius 3 is 2.72 bits per heavy atom. The van der Waals surface area contributed by atoms with Crippen LogP contribution in [-0.4, -0.2) is 80.3 Å². The molecule has 1 aromatic carbocycles. The van der Waals surface area contributed by atoms with Gasteiger partial charge in [-0.15, -0.1) is 0 Å². The maximum atomic E-state index is 13.0. The first-order valence-corrected chi connectivity index (χ1v) is 15.0. The van der Waals surface area contributed by atoms with Gasteiger partial charge < -0.3 is 14.4 Å². The van der Waals surface area contributed by atoms with Crippen molar-refractivity contribution in [3.63, 3.8) is 0 Å². The molecule has 0 bridgehead atoms. The van der Waals surface area contributed by atoms with Gasteiger partial charge in [-0.2, -0.15) is 5.10 Å². The molecule has 2 aliphatic heterocycles. The lowest BCUT2D eigenvalue weighted by Gasteiger charge is -2.40. The van der Waals surface area contributed by atoms with Crippen molar-refractivity contribution >= 4 is 26.8 Å². The molecule has 1 saturated carbocycles. The van der Waals surface area contributed by atoms with E-state index in [-0.39, 0.29) is 29.9 Å². The number of hydrogen-bond acceptors (Lipinski definition) is 6. The van der Waals surface area contributed by atoms with Crippen molar-refractivity contribution < 1.29 is 22.7 Å². The summed E-state index contributed by atoms with van der Waals surface area (Å²) in [6, 6.07) is 6.42. The van der Waals surface area contributed by atoms with Crippen LogP contribution in [0, 0.1) is 11.8 Å². The minimum absolute atomic E-state index is 0.0644. The van der Waals surface area contributed by atoms with Gasteiger partial charge in [0, 0.05) is 44.1 Å². The van der Waals surface area contributed by atoms with Crippen molar-refractivity contribution in [2.75, 3.05) is 39.2 Å². The second kappa shape index (κ2) is 10.8. The van der Waals surface area contributed by atoms with Crippen molar-refractivity contribution in [3.8, 4) is 0 Å². The third-order valence-electron chi connectivity index (χ3n) is 8.15. The largest absolute Gasteiger partial charge is 0.381 e. The maximum absolute atomic E-state index is 13.0. The summed E-state index contributed by atoms with van der Waals surface area (Å²) in [7, 11) is -1.38. The Morgan fingerprint density at radius 1 is 1.19 bits per heavy atom. The van der Waals surface area contributed by atoms with Crippen LogP contribution in [0.1, 0.15) is 50.0 Å². The minimum atomic E-state index is -3.34. The first-order chi connectivity index (χ1) is 17.3. The number of likely N-dealkylation sites (tertiary alicyclic amines) is 1. The predicted molar refractivity (Wildman–Crippen MR) is 137 cm³/mol. The van der Waals surface area contributed by atoms with Crippen molar-refractivity contribution in [2.45, 2.75) is 56.6 Å². The van der Waals surface area contributed by atoms with Crippen molar-refractivity contribution in [2.24, 2.45) is 18.9 Å². The monoisotopic (exact) mass is 518 g/mol. The molecular formula is C26H38N4O5S. The highest BCUT2D eigenvalue weighted by Gasteiger charge is 2.37. The fraction of sp³-hybridized carbons (Fsp3) is 0.692. The van der Waals surface area contributed by atoms with Gasteiger partial charge in [-0.3, -0.25) is 9.48 Å². The lowest BCUT2D eigenvalue weighted by atomic mass is 9.82. The van der Waals surface area contributed by atoms with Crippen LogP contribution >= 0.6 is 0 Å². The van der Waals surface area contributed by atoms with E-state index in [1.54, 1.807) is 0 Å². The Balaban J connectivity index is 1.17. The molecular weight excluding hydrogens is 480 g/mol. The van der Waals surface area contributed by atoms with Crippen molar-refractivity contribution in [3.05, 3.63) is 30.0 Å². The van der Waals surface area contributed by atoms with E-state index < -0.39 is 10.0 Å². The van der Waals surface area contributed by atoms with Gasteiger partial charge in [-0.05, 0) is 62.1 Å². The number of aromatic nitrogens is 2. The normalized spacial score (nSPS) is 29.6. The molecule has 2 aromatic rings. The highest BCUT2D eigenvalue weighted by atomic mass is 32.2. The second-order valence-corrected chi connectivity index (χ2v) is 12.6. The highest BCUT2D eigenvalue weighted by Crippen LogP contribution is 2.35. The zero-order valence-electron chi connectivity index (χ0n) is 21.3. The number of nitrogens with zero attached hydrogens (tertiary/aromatic N) is 3. The molecule has 0 radical (unpaired) electrons. The number of benzene rings is 1. The number of aryl methyl sites for hydroxylation is 1. The van der Waals surface area contributed by atoms with Gasteiger partial charge in [-0.1, -0.05) is 6.07 Å². The number of hydrogen-bond donors (Lipinski definition) is 1. The third-order valence-corrected chi connectivity index (χ3v) is 8.88. The first kappa shape index (κ1) is 25.6. The Kier molecular flexibility index (Phi) is 7.67. The second-order valence-electron chi connectivity index (χ2n) is 10.8. The van der Waals surface area contributed by atoms with E-state index in [0.29, 0.717) is 45.2 Å². The number of amides is 1. The number of carbonyl (C=O) groups is 1. The summed E-state index contributed by atoms with van der Waals surface area (Å²) in [6.07, 6.45) is 8.74. The molecule has 9 nitrogen and oxygen atoms in total. The highest BCUT2D eigenvalue weighted by molar-refractivity contribution is 7.88. The van der Waals surface area contributed by atoms with E-state index in [9.17, 15) is 13.2 Å². The number of nitrogens with one attached hydrogen (secondary N) is 1. The van der Waals surface area contributed by atoms with Gasteiger partial charge in [0.25, 0.3) is 0 Å². The number of fused-ring (bicyclic) bond motifs is 1. The molecule has 10 heteroatoms. The van der Waals surface area contributed by atoms with Gasteiger partial charge >= 0.3 is 0 Å². The lowest BCUT2D eigenvalue weighted by Crippen LogP contribution is -2.54. The first-order valence-electron chi connectivity index (χ1n) is 13.1. The SMILES string of the molecule is Cn1ncc2cc(C3CCC(OCC4CN(C(=O)C5CCOC5)CCC4NS(C)(=O)=O)CC3)ccc21. The van der Waals surface area contributed by atoms with Crippen LogP contribution in [-0.2, 0) is 31.3 Å². The van der Waals surface area contributed by atoms with E-state index in [4.69, 9.17) is 9.47 Å². The molecule has 3 fully saturated rings. The van der Waals surface area contributed by atoms with E-state index in [0.717, 1.165) is 37.6 Å². The molecule has 1 aromatic heterocycles. The van der Waals surface area contributed by atoms with E-state index >= 15 is 0 Å². The number of ether oxygens (including phenoxy) is 2. The molecule has 3 atom stereocenters. The smallest absolute Gasteiger partial charge is 0.228 e. The molecule has 0 spiro atoms. The molecule has 3 aliphatic rings. The van der Waals surface area contributed by atoms with Crippen molar-refractivity contribution in [1.29, 1.82) is 0 Å². The fourth-order valence-corrected chi connectivity index (χ4v) is 6.94. The van der Waals surface area contributed by atoms with Crippen molar-refractivity contribution in [1.82, 2.24) is 19.4 Å². The molecule has 198 valence electrons. The summed E-state index contributed by atoms with van der Waals surface area (Å²) in [6.45, 7) is 2.65. The molecule has 1 amide bonds. The molecule has 5 rings (SSSR count). The maximum Gasteiger partial charge on any atom is 0.228 e. The minimum Gasteiger partial charge on any atom is -0.381 e. The third kappa shape index (κ3) is 5.93. The summed E-state index contributed by atoms with van der Waals surface area (Å²) < 4.78 is 40.4. The van der Waals surface area contributed by atoms with Gasteiger partial charge in [0.1, 0.15) is 0 Å². The Hall–Kier alpha value is -2.01. The molecule has 36 heavy (non-hydrogen) atoms. The average molecular weight is 519 g/mol. The van der Waals surface area contributed by atoms with Crippen LogP contribution in [0.5, 0.6) is 0 Å². The Labute approximate surface area is 213 Å². The summed E-state index contributed by atoms with van der Waals surface area (Å²) >= 11 is 0. The van der Waals surface area contributed by atoms with Crippen LogP contribution in [0.15, 0.2) is 24.4 Å². The average Bonchev–Trinajstić information content (AvgIpc) is 3.53. The van der Waals surface area contributed by atoms with Crippen LogP contribution in [0.4, 0.5) is 0 Å². The summed E-state index contributed by atoms with van der Waals surface area (Å²) in [5.74, 6) is 0.504.